The Morgan fingerprint density at radius 2 is 1.68 bits per heavy atom. The lowest BCUT2D eigenvalue weighted by molar-refractivity contribution is -0.159. The fourth-order valence-electron chi connectivity index (χ4n) is 2.97. The van der Waals surface area contributed by atoms with Crippen molar-refractivity contribution in [3.63, 3.8) is 0 Å². The number of carbonyl (C=O) groups is 2. The average Bonchev–Trinajstić information content (AvgIpc) is 3.09. The molecule has 1 heterocycles. The van der Waals surface area contributed by atoms with Gasteiger partial charge in [0, 0.05) is 13.0 Å². The summed E-state index contributed by atoms with van der Waals surface area (Å²) in [6.45, 7) is 3.69. The van der Waals surface area contributed by atoms with E-state index in [1.807, 2.05) is 36.4 Å². The number of aliphatic hydroxyl groups is 1. The topological polar surface area (TPSA) is 122 Å². The normalized spacial score (nSPS) is 11.5. The molecule has 0 fully saturated rings. The van der Waals surface area contributed by atoms with Crippen molar-refractivity contribution in [3.05, 3.63) is 66.0 Å². The maximum atomic E-state index is 10.4. The summed E-state index contributed by atoms with van der Waals surface area (Å²) in [6.07, 6.45) is 2.34. The Labute approximate surface area is 180 Å². The van der Waals surface area contributed by atoms with Crippen LogP contribution in [0.3, 0.4) is 0 Å². The number of para-hydroxylation sites is 2. The van der Waals surface area contributed by atoms with E-state index >= 15 is 0 Å². The van der Waals surface area contributed by atoms with Gasteiger partial charge in [0.2, 0.25) is 0 Å². The van der Waals surface area contributed by atoms with Crippen molar-refractivity contribution >= 4 is 23.0 Å². The first-order chi connectivity index (χ1) is 14.9. The number of imidazole rings is 1. The summed E-state index contributed by atoms with van der Waals surface area (Å²) in [7, 11) is 0. The number of hydrogen-bond acceptors (Lipinski definition) is 5. The maximum absolute atomic E-state index is 10.4. The number of aromatic nitrogens is 2. The van der Waals surface area contributed by atoms with Gasteiger partial charge in [0.15, 0.2) is 0 Å². The van der Waals surface area contributed by atoms with Crippen LogP contribution < -0.4 is 0 Å². The SMILES string of the molecule is CCCCOCC(O)Cn1c(Cc2ccccc2)nc2ccccc21.O=C(O)C(=O)O. The molecule has 3 rings (SSSR count). The van der Waals surface area contributed by atoms with Gasteiger partial charge in [-0.3, -0.25) is 0 Å². The van der Waals surface area contributed by atoms with E-state index < -0.39 is 18.0 Å². The molecule has 0 saturated heterocycles. The van der Waals surface area contributed by atoms with Crippen LogP contribution in [0.5, 0.6) is 0 Å². The number of aliphatic carboxylic acids is 2. The van der Waals surface area contributed by atoms with Crippen LogP contribution in [0, 0.1) is 0 Å². The lowest BCUT2D eigenvalue weighted by Gasteiger charge is -2.15. The molecule has 8 nitrogen and oxygen atoms in total. The number of aliphatic hydroxyl groups excluding tert-OH is 1. The predicted molar refractivity (Wildman–Crippen MR) is 116 cm³/mol. The zero-order chi connectivity index (χ0) is 22.6. The highest BCUT2D eigenvalue weighted by molar-refractivity contribution is 6.27. The maximum Gasteiger partial charge on any atom is 0.414 e. The molecule has 2 aromatic carbocycles. The van der Waals surface area contributed by atoms with E-state index in [-0.39, 0.29) is 0 Å². The second-order valence-electron chi connectivity index (χ2n) is 6.98. The van der Waals surface area contributed by atoms with Crippen molar-refractivity contribution in [2.75, 3.05) is 13.2 Å². The van der Waals surface area contributed by atoms with E-state index in [0.29, 0.717) is 19.8 Å². The van der Waals surface area contributed by atoms with Gasteiger partial charge in [0.1, 0.15) is 5.82 Å². The van der Waals surface area contributed by atoms with Crippen molar-refractivity contribution < 1.29 is 29.6 Å². The van der Waals surface area contributed by atoms with E-state index in [1.165, 1.54) is 5.56 Å². The Kier molecular flexibility index (Phi) is 9.67. The highest BCUT2D eigenvalue weighted by Gasteiger charge is 2.14. The first-order valence-electron chi connectivity index (χ1n) is 10.1. The largest absolute Gasteiger partial charge is 0.473 e. The van der Waals surface area contributed by atoms with Gasteiger partial charge < -0.3 is 24.6 Å². The summed E-state index contributed by atoms with van der Waals surface area (Å²) in [6, 6.07) is 18.4. The molecule has 1 atom stereocenters. The average molecular weight is 428 g/mol. The quantitative estimate of drug-likeness (QED) is 0.354. The molecule has 3 aromatic rings. The number of unbranched alkanes of at least 4 members (excludes halogenated alkanes) is 1. The lowest BCUT2D eigenvalue weighted by atomic mass is 10.1. The molecule has 8 heteroatoms. The Morgan fingerprint density at radius 1 is 1.03 bits per heavy atom. The molecule has 1 unspecified atom stereocenters. The standard InChI is InChI=1S/C21H26N2O2.C2H2O4/c1-2-3-13-25-16-18(24)15-23-20-12-8-7-11-19(20)22-21(23)14-17-9-5-4-6-10-17;3-1(4)2(5)6/h4-12,18,24H,2-3,13-16H2,1H3;(H,3,4)(H,5,6). The zero-order valence-corrected chi connectivity index (χ0v) is 17.5. The Morgan fingerprint density at radius 3 is 2.32 bits per heavy atom. The molecule has 0 bridgehead atoms. The molecule has 3 N–H and O–H groups in total. The number of benzene rings is 2. The molecular weight excluding hydrogens is 400 g/mol. The van der Waals surface area contributed by atoms with E-state index in [9.17, 15) is 5.11 Å². The zero-order valence-electron chi connectivity index (χ0n) is 17.5. The monoisotopic (exact) mass is 428 g/mol. The van der Waals surface area contributed by atoms with Crippen molar-refractivity contribution in [2.45, 2.75) is 38.8 Å². The van der Waals surface area contributed by atoms with Crippen LogP contribution in [0.15, 0.2) is 54.6 Å². The molecule has 1 aromatic heterocycles. The highest BCUT2D eigenvalue weighted by Crippen LogP contribution is 2.19. The van der Waals surface area contributed by atoms with Gasteiger partial charge in [-0.05, 0) is 24.1 Å². The predicted octanol–water partition coefficient (Wildman–Crippen LogP) is 2.96. The fourth-order valence-corrected chi connectivity index (χ4v) is 2.97. The fraction of sp³-hybridized carbons (Fsp3) is 0.348. The first kappa shape index (κ1) is 24.0. The minimum atomic E-state index is -1.82. The first-order valence-corrected chi connectivity index (χ1v) is 10.1. The molecule has 31 heavy (non-hydrogen) atoms. The minimum Gasteiger partial charge on any atom is -0.473 e. The smallest absolute Gasteiger partial charge is 0.414 e. The van der Waals surface area contributed by atoms with Crippen LogP contribution >= 0.6 is 0 Å². The number of carboxylic acids is 2. The number of rotatable bonds is 9. The third kappa shape index (κ3) is 7.84. The van der Waals surface area contributed by atoms with Gasteiger partial charge in [-0.1, -0.05) is 55.8 Å². The second kappa shape index (κ2) is 12.5. The summed E-state index contributed by atoms with van der Waals surface area (Å²) in [5, 5.41) is 25.2. The van der Waals surface area contributed by atoms with Gasteiger partial charge in [0.05, 0.1) is 30.3 Å². The third-order valence-electron chi connectivity index (χ3n) is 4.47. The number of hydrogen-bond donors (Lipinski definition) is 3. The van der Waals surface area contributed by atoms with E-state index in [0.717, 1.165) is 36.1 Å². The van der Waals surface area contributed by atoms with E-state index in [4.69, 9.17) is 29.5 Å². The van der Waals surface area contributed by atoms with Crippen LogP contribution in [0.1, 0.15) is 31.2 Å². The van der Waals surface area contributed by atoms with Gasteiger partial charge >= 0.3 is 11.9 Å². The van der Waals surface area contributed by atoms with Crippen LogP contribution in [-0.4, -0.2) is 56.1 Å². The lowest BCUT2D eigenvalue weighted by Crippen LogP contribution is -2.23. The number of ether oxygens (including phenoxy) is 1. The van der Waals surface area contributed by atoms with Gasteiger partial charge in [-0.2, -0.15) is 0 Å². The molecule has 166 valence electrons. The van der Waals surface area contributed by atoms with Crippen molar-refractivity contribution in [2.24, 2.45) is 0 Å². The molecule has 0 radical (unpaired) electrons. The Bertz CT molecular complexity index is 959. The summed E-state index contributed by atoms with van der Waals surface area (Å²) in [5.74, 6) is -2.68. The van der Waals surface area contributed by atoms with Crippen molar-refractivity contribution in [3.8, 4) is 0 Å². The van der Waals surface area contributed by atoms with E-state index in [1.54, 1.807) is 0 Å². The molecule has 0 spiro atoms. The molecular formula is C23H28N2O6. The van der Waals surface area contributed by atoms with Crippen molar-refractivity contribution in [1.82, 2.24) is 9.55 Å². The number of fused-ring (bicyclic) bond motifs is 1. The summed E-state index contributed by atoms with van der Waals surface area (Å²) in [4.78, 5) is 23.0. The molecule has 0 amide bonds. The van der Waals surface area contributed by atoms with Gasteiger partial charge in [-0.15, -0.1) is 0 Å². The summed E-state index contributed by atoms with van der Waals surface area (Å²) in [5.41, 5.74) is 3.24. The number of nitrogens with zero attached hydrogens (tertiary/aromatic N) is 2. The Balaban J connectivity index is 0.000000501. The minimum absolute atomic E-state index is 0.358. The van der Waals surface area contributed by atoms with E-state index in [2.05, 4.69) is 29.7 Å². The molecule has 0 saturated carbocycles. The third-order valence-corrected chi connectivity index (χ3v) is 4.47. The van der Waals surface area contributed by atoms with Crippen LogP contribution in [0.4, 0.5) is 0 Å². The van der Waals surface area contributed by atoms with Crippen LogP contribution in [0.2, 0.25) is 0 Å². The number of carboxylic acid groups (broad SMARTS) is 2. The molecule has 0 aliphatic rings. The Hall–Kier alpha value is -3.23. The van der Waals surface area contributed by atoms with Crippen LogP contribution in [0.25, 0.3) is 11.0 Å². The van der Waals surface area contributed by atoms with Crippen LogP contribution in [-0.2, 0) is 27.3 Å². The van der Waals surface area contributed by atoms with Gasteiger partial charge in [0.25, 0.3) is 0 Å². The molecule has 0 aliphatic carbocycles. The van der Waals surface area contributed by atoms with Crippen molar-refractivity contribution in [1.29, 1.82) is 0 Å². The summed E-state index contributed by atoms with van der Waals surface area (Å²) < 4.78 is 7.69. The second-order valence-corrected chi connectivity index (χ2v) is 6.98. The molecule has 0 aliphatic heterocycles. The summed E-state index contributed by atoms with van der Waals surface area (Å²) >= 11 is 0. The van der Waals surface area contributed by atoms with Gasteiger partial charge in [-0.25, -0.2) is 14.6 Å². The highest BCUT2D eigenvalue weighted by atomic mass is 16.5.